The molecule has 0 saturated carbocycles. The van der Waals surface area contributed by atoms with Gasteiger partial charge >= 0.3 is 0 Å². The number of carbonyl (C=O) groups excluding carboxylic acids is 1. The Morgan fingerprint density at radius 2 is 2.16 bits per heavy atom. The molecule has 0 aliphatic carbocycles. The highest BCUT2D eigenvalue weighted by Gasteiger charge is 2.21. The van der Waals surface area contributed by atoms with E-state index in [1.165, 1.54) is 12.3 Å². The highest BCUT2D eigenvalue weighted by molar-refractivity contribution is 6.04. The van der Waals surface area contributed by atoms with Gasteiger partial charge in [0.25, 0.3) is 0 Å². The fourth-order valence-corrected chi connectivity index (χ4v) is 3.96. The van der Waals surface area contributed by atoms with Gasteiger partial charge in [-0.05, 0) is 45.0 Å². The standard InChI is InChI=1S/C30H31N5O3/c1-5-20-8-6-9-22(14-20)34-29-21(17-31)18-32-25-16-27(38-23-11-13-37-19-23)26(15-24(25)29)35-28(36)10-7-12-33-30(2,3)4/h1,6-10,14-16,18,23,33H,11-13,19H2,2-4H3,(H,32,34)(H,35,36). The molecule has 194 valence electrons. The minimum absolute atomic E-state index is 0.0574. The molecule has 1 atom stereocenters. The number of anilines is 3. The number of rotatable bonds is 8. The van der Waals surface area contributed by atoms with Gasteiger partial charge in [0.15, 0.2) is 0 Å². The summed E-state index contributed by atoms with van der Waals surface area (Å²) in [5.74, 6) is 2.81. The van der Waals surface area contributed by atoms with Crippen LogP contribution in [0.5, 0.6) is 5.75 Å². The molecule has 4 rings (SSSR count). The van der Waals surface area contributed by atoms with E-state index < -0.39 is 0 Å². The van der Waals surface area contributed by atoms with E-state index in [9.17, 15) is 10.1 Å². The molecule has 1 aromatic heterocycles. The van der Waals surface area contributed by atoms with Crippen LogP contribution in [0.4, 0.5) is 17.1 Å². The van der Waals surface area contributed by atoms with Crippen LogP contribution in [0.2, 0.25) is 0 Å². The zero-order valence-corrected chi connectivity index (χ0v) is 21.8. The molecular formula is C30H31N5O3. The maximum atomic E-state index is 12.8. The molecule has 1 unspecified atom stereocenters. The van der Waals surface area contributed by atoms with Crippen LogP contribution in [-0.2, 0) is 9.53 Å². The Kier molecular flexibility index (Phi) is 8.28. The van der Waals surface area contributed by atoms with Gasteiger partial charge in [-0.1, -0.05) is 18.1 Å². The van der Waals surface area contributed by atoms with Crippen LogP contribution in [0.15, 0.2) is 54.7 Å². The maximum Gasteiger partial charge on any atom is 0.248 e. The first kappa shape index (κ1) is 26.7. The van der Waals surface area contributed by atoms with Gasteiger partial charge in [0, 0.05) is 53.5 Å². The van der Waals surface area contributed by atoms with E-state index in [0.717, 1.165) is 12.1 Å². The third-order valence-corrected chi connectivity index (χ3v) is 5.85. The van der Waals surface area contributed by atoms with Gasteiger partial charge in [0.1, 0.15) is 17.9 Å². The lowest BCUT2D eigenvalue weighted by molar-refractivity contribution is -0.111. The molecule has 1 aliphatic heterocycles. The van der Waals surface area contributed by atoms with Gasteiger partial charge in [-0.15, -0.1) is 6.42 Å². The van der Waals surface area contributed by atoms with Crippen LogP contribution in [0.3, 0.4) is 0 Å². The lowest BCUT2D eigenvalue weighted by atomic mass is 10.1. The van der Waals surface area contributed by atoms with E-state index in [4.69, 9.17) is 15.9 Å². The maximum absolute atomic E-state index is 12.8. The van der Waals surface area contributed by atoms with Crippen LogP contribution in [0.25, 0.3) is 10.9 Å². The van der Waals surface area contributed by atoms with Crippen molar-refractivity contribution >= 4 is 33.9 Å². The number of amides is 1. The first-order valence-electron chi connectivity index (χ1n) is 12.4. The van der Waals surface area contributed by atoms with Crippen molar-refractivity contribution in [2.45, 2.75) is 38.8 Å². The SMILES string of the molecule is C#Cc1cccc(Nc2c(C#N)cnc3cc(OC4CCOC4)c(NC(=O)C=CCNC(C)(C)C)cc23)c1. The van der Waals surface area contributed by atoms with Gasteiger partial charge in [-0.3, -0.25) is 9.78 Å². The van der Waals surface area contributed by atoms with E-state index in [1.54, 1.807) is 18.2 Å². The van der Waals surface area contributed by atoms with Crippen LogP contribution in [0, 0.1) is 23.7 Å². The lowest BCUT2D eigenvalue weighted by Crippen LogP contribution is -2.35. The molecule has 3 aromatic rings. The van der Waals surface area contributed by atoms with Crippen LogP contribution < -0.4 is 20.7 Å². The van der Waals surface area contributed by atoms with Crippen molar-refractivity contribution in [1.82, 2.24) is 10.3 Å². The topological polar surface area (TPSA) is 108 Å². The van der Waals surface area contributed by atoms with Crippen molar-refractivity contribution in [1.29, 1.82) is 5.26 Å². The van der Waals surface area contributed by atoms with Gasteiger partial charge < -0.3 is 25.4 Å². The minimum atomic E-state index is -0.298. The van der Waals surface area contributed by atoms with Gasteiger partial charge in [0.05, 0.1) is 35.7 Å². The number of pyridine rings is 1. The molecule has 8 heteroatoms. The van der Waals surface area contributed by atoms with Gasteiger partial charge in [-0.25, -0.2) is 0 Å². The fourth-order valence-electron chi connectivity index (χ4n) is 3.96. The smallest absolute Gasteiger partial charge is 0.248 e. The van der Waals surface area contributed by atoms with E-state index in [1.807, 2.05) is 24.3 Å². The molecule has 2 aromatic carbocycles. The van der Waals surface area contributed by atoms with Crippen LogP contribution in [-0.4, -0.2) is 42.3 Å². The number of nitrogens with zero attached hydrogens (tertiary/aromatic N) is 2. The average Bonchev–Trinajstić information content (AvgIpc) is 3.40. The van der Waals surface area contributed by atoms with E-state index in [-0.39, 0.29) is 17.6 Å². The highest BCUT2D eigenvalue weighted by atomic mass is 16.5. The number of nitrogens with one attached hydrogen (secondary N) is 3. The summed E-state index contributed by atoms with van der Waals surface area (Å²) in [6.45, 7) is 7.83. The second kappa shape index (κ2) is 11.8. The summed E-state index contributed by atoms with van der Waals surface area (Å²) in [5.41, 5.74) is 3.37. The first-order valence-corrected chi connectivity index (χ1v) is 12.4. The molecule has 0 radical (unpaired) electrons. The summed E-state index contributed by atoms with van der Waals surface area (Å²) >= 11 is 0. The van der Waals surface area contributed by atoms with Crippen molar-refractivity contribution in [3.05, 3.63) is 65.9 Å². The van der Waals surface area contributed by atoms with Gasteiger partial charge in [-0.2, -0.15) is 5.26 Å². The number of terminal acetylenes is 1. The summed E-state index contributed by atoms with van der Waals surface area (Å²) in [4.78, 5) is 17.3. The number of hydrogen-bond acceptors (Lipinski definition) is 7. The van der Waals surface area contributed by atoms with E-state index in [0.29, 0.717) is 58.9 Å². The normalized spacial score (nSPS) is 15.2. The number of benzene rings is 2. The quantitative estimate of drug-likeness (QED) is 0.293. The summed E-state index contributed by atoms with van der Waals surface area (Å²) in [5, 5.41) is 20.0. The number of fused-ring (bicyclic) bond motifs is 1. The van der Waals surface area contributed by atoms with E-state index >= 15 is 0 Å². The number of ether oxygens (including phenoxy) is 2. The molecule has 3 N–H and O–H groups in total. The van der Waals surface area contributed by atoms with Crippen molar-refractivity contribution < 1.29 is 14.3 Å². The van der Waals surface area contributed by atoms with Crippen molar-refractivity contribution in [2.75, 3.05) is 30.4 Å². The average molecular weight is 510 g/mol. The number of aromatic nitrogens is 1. The molecule has 1 fully saturated rings. The number of nitriles is 1. The lowest BCUT2D eigenvalue weighted by Gasteiger charge is -2.19. The molecule has 0 bridgehead atoms. The van der Waals surface area contributed by atoms with Crippen molar-refractivity contribution in [3.63, 3.8) is 0 Å². The monoisotopic (exact) mass is 509 g/mol. The Morgan fingerprint density at radius 1 is 1.32 bits per heavy atom. The summed E-state index contributed by atoms with van der Waals surface area (Å²) in [7, 11) is 0. The second-order valence-electron chi connectivity index (χ2n) is 10.0. The number of hydrogen-bond donors (Lipinski definition) is 3. The molecule has 1 aliphatic rings. The largest absolute Gasteiger partial charge is 0.486 e. The van der Waals surface area contributed by atoms with Crippen LogP contribution >= 0.6 is 0 Å². The zero-order valence-electron chi connectivity index (χ0n) is 21.8. The Bertz CT molecular complexity index is 1440. The van der Waals surface area contributed by atoms with Crippen LogP contribution in [0.1, 0.15) is 38.3 Å². The number of carbonyl (C=O) groups is 1. The summed E-state index contributed by atoms with van der Waals surface area (Å²) in [6, 6.07) is 13.1. The molecule has 38 heavy (non-hydrogen) atoms. The third kappa shape index (κ3) is 6.89. The summed E-state index contributed by atoms with van der Waals surface area (Å²) < 4.78 is 11.7. The van der Waals surface area contributed by atoms with Gasteiger partial charge in [0.2, 0.25) is 5.91 Å². The fraction of sp³-hybridized carbons (Fsp3) is 0.300. The van der Waals surface area contributed by atoms with Crippen molar-refractivity contribution in [2.24, 2.45) is 0 Å². The Labute approximate surface area is 223 Å². The Morgan fingerprint density at radius 3 is 2.87 bits per heavy atom. The zero-order chi connectivity index (χ0) is 27.1. The molecule has 1 amide bonds. The third-order valence-electron chi connectivity index (χ3n) is 5.85. The minimum Gasteiger partial charge on any atom is -0.486 e. The predicted molar refractivity (Wildman–Crippen MR) is 149 cm³/mol. The highest BCUT2D eigenvalue weighted by Crippen LogP contribution is 2.37. The molecule has 2 heterocycles. The molecule has 0 spiro atoms. The predicted octanol–water partition coefficient (Wildman–Crippen LogP) is 4.88. The summed E-state index contributed by atoms with van der Waals surface area (Å²) in [6.07, 6.45) is 11.0. The van der Waals surface area contributed by atoms with E-state index in [2.05, 4.69) is 53.7 Å². The second-order valence-corrected chi connectivity index (χ2v) is 10.0. The van der Waals surface area contributed by atoms with Crippen molar-refractivity contribution in [3.8, 4) is 24.2 Å². The Balaban J connectivity index is 1.71. The first-order chi connectivity index (χ1) is 18.3. The Hall–Kier alpha value is -4.37. The molecule has 1 saturated heterocycles. The molecular weight excluding hydrogens is 478 g/mol. The molecule has 8 nitrogen and oxygen atoms in total.